The van der Waals surface area contributed by atoms with Crippen LogP contribution in [0.2, 0.25) is 0 Å². The van der Waals surface area contributed by atoms with Crippen LogP contribution in [0.5, 0.6) is 0 Å². The molecule has 4 aromatic heterocycles. The molecule has 5 heterocycles. The summed E-state index contributed by atoms with van der Waals surface area (Å²) in [7, 11) is 0. The van der Waals surface area contributed by atoms with Crippen LogP contribution in [0.4, 0.5) is 0 Å². The van der Waals surface area contributed by atoms with Gasteiger partial charge in [0, 0.05) is 62.4 Å². The number of nitrogens with zero attached hydrogens (tertiary/aromatic N) is 5. The monoisotopic (exact) mass is 809 g/mol. The van der Waals surface area contributed by atoms with Crippen molar-refractivity contribution in [3.05, 3.63) is 235 Å². The first-order valence-corrected chi connectivity index (χ1v) is 21.5. The molecule has 290 valence electrons. The van der Waals surface area contributed by atoms with E-state index in [4.69, 9.17) is 15.0 Å². The van der Waals surface area contributed by atoms with Crippen LogP contribution in [0.15, 0.2) is 223 Å². The summed E-state index contributed by atoms with van der Waals surface area (Å²) in [6.07, 6.45) is 7.36. The summed E-state index contributed by atoms with van der Waals surface area (Å²) in [5.74, 6) is 0.687. The zero-order valence-corrected chi connectivity index (χ0v) is 34.2. The van der Waals surface area contributed by atoms with Crippen LogP contribution in [-0.2, 0) is 5.41 Å². The van der Waals surface area contributed by atoms with Gasteiger partial charge in [-0.1, -0.05) is 157 Å². The average molecular weight is 810 g/mol. The van der Waals surface area contributed by atoms with Crippen LogP contribution in [0.3, 0.4) is 0 Å². The van der Waals surface area contributed by atoms with Gasteiger partial charge in [0.2, 0.25) is 0 Å². The van der Waals surface area contributed by atoms with E-state index in [-0.39, 0.29) is 0 Å². The Labute approximate surface area is 364 Å². The van der Waals surface area contributed by atoms with Crippen LogP contribution in [0.1, 0.15) is 22.3 Å². The van der Waals surface area contributed by atoms with E-state index in [1.54, 1.807) is 12.4 Å². The van der Waals surface area contributed by atoms with E-state index in [0.717, 1.165) is 66.6 Å². The van der Waals surface area contributed by atoms with E-state index >= 15 is 0 Å². The highest BCUT2D eigenvalue weighted by Crippen LogP contribution is 2.64. The van der Waals surface area contributed by atoms with Crippen LogP contribution in [0, 0.1) is 0 Å². The predicted octanol–water partition coefficient (Wildman–Crippen LogP) is 13.5. The van der Waals surface area contributed by atoms with E-state index in [2.05, 4.69) is 174 Å². The van der Waals surface area contributed by atoms with Crippen LogP contribution < -0.4 is 0 Å². The molecule has 1 aliphatic carbocycles. The summed E-state index contributed by atoms with van der Waals surface area (Å²) >= 11 is 1.82. The van der Waals surface area contributed by atoms with Gasteiger partial charge in [-0.15, -0.1) is 0 Å². The molecule has 2 aliphatic rings. The van der Waals surface area contributed by atoms with Gasteiger partial charge in [0.05, 0.1) is 28.2 Å². The lowest BCUT2D eigenvalue weighted by Crippen LogP contribution is -2.32. The SMILES string of the molecule is c1ccc(-c2cc(-c3ccccc3)nc(-c3cccc4c3Sc3c(-c5cc(-c6cccnc6)nc(-c6cccnc6)c5)cccc3C43c4ccccc4-c4ccccc43)n2)cc1. The van der Waals surface area contributed by atoms with Crippen molar-refractivity contribution >= 4 is 11.8 Å². The van der Waals surface area contributed by atoms with Gasteiger partial charge in [-0.2, -0.15) is 0 Å². The van der Waals surface area contributed by atoms with E-state index < -0.39 is 5.41 Å². The minimum absolute atomic E-state index is 0.625. The Hall–Kier alpha value is -7.80. The lowest BCUT2D eigenvalue weighted by atomic mass is 9.66. The zero-order chi connectivity index (χ0) is 41.0. The van der Waals surface area contributed by atoms with E-state index in [9.17, 15) is 0 Å². The first kappa shape index (κ1) is 36.1. The smallest absolute Gasteiger partial charge is 0.161 e. The molecule has 5 nitrogen and oxygen atoms in total. The highest BCUT2D eigenvalue weighted by Gasteiger charge is 2.51. The molecule has 12 rings (SSSR count). The number of benzene rings is 6. The summed E-state index contributed by atoms with van der Waals surface area (Å²) in [6.45, 7) is 0. The van der Waals surface area contributed by atoms with Gasteiger partial charge < -0.3 is 0 Å². The number of fused-ring (bicyclic) bond motifs is 9. The Balaban J connectivity index is 1.16. The molecule has 0 unspecified atom stereocenters. The van der Waals surface area contributed by atoms with Gasteiger partial charge in [0.1, 0.15) is 0 Å². The topological polar surface area (TPSA) is 64.5 Å². The number of aromatic nitrogens is 5. The maximum atomic E-state index is 5.39. The fraction of sp³-hybridized carbons (Fsp3) is 0.0179. The van der Waals surface area contributed by atoms with Crippen molar-refractivity contribution in [3.8, 4) is 78.7 Å². The second-order valence-corrected chi connectivity index (χ2v) is 16.6. The second kappa shape index (κ2) is 14.7. The quantitative estimate of drug-likeness (QED) is 0.167. The fourth-order valence-electron chi connectivity index (χ4n) is 9.44. The summed E-state index contributed by atoms with van der Waals surface area (Å²) < 4.78 is 0. The van der Waals surface area contributed by atoms with Gasteiger partial charge >= 0.3 is 0 Å². The summed E-state index contributed by atoms with van der Waals surface area (Å²) in [6, 6.07) is 66.8. The van der Waals surface area contributed by atoms with Crippen LogP contribution in [-0.4, -0.2) is 24.9 Å². The summed E-state index contributed by atoms with van der Waals surface area (Å²) in [5.41, 5.74) is 17.5. The molecule has 0 saturated carbocycles. The lowest BCUT2D eigenvalue weighted by molar-refractivity contribution is 0.723. The molecule has 0 atom stereocenters. The van der Waals surface area contributed by atoms with Crippen LogP contribution >= 0.6 is 11.8 Å². The first-order chi connectivity index (χ1) is 30.7. The highest BCUT2D eigenvalue weighted by molar-refractivity contribution is 7.99. The maximum Gasteiger partial charge on any atom is 0.161 e. The molecule has 0 radical (unpaired) electrons. The standard InChI is InChI=1S/C56H35N5S/c1-3-15-36(16-4-1)51-33-52(37-17-5-2-6-18-37)61-55(60-51)44-24-12-28-48-54(44)62-53-41(40-31-49(38-19-13-29-57-34-38)59-50(32-40)39-20-14-30-58-35-39)23-11-27-47(53)56(48)45-25-9-7-21-42(45)43-22-8-10-26-46(43)56/h1-35H. The molecule has 0 saturated heterocycles. The molecule has 1 spiro atoms. The molecule has 0 amide bonds. The number of hydrogen-bond acceptors (Lipinski definition) is 6. The van der Waals surface area contributed by atoms with Gasteiger partial charge in [0.25, 0.3) is 0 Å². The Morgan fingerprint density at radius 2 is 0.758 bits per heavy atom. The molecule has 0 fully saturated rings. The minimum Gasteiger partial charge on any atom is -0.264 e. The first-order valence-electron chi connectivity index (χ1n) is 20.7. The Kier molecular flexibility index (Phi) is 8.57. The molecule has 0 bridgehead atoms. The predicted molar refractivity (Wildman–Crippen MR) is 249 cm³/mol. The van der Waals surface area contributed by atoms with Gasteiger partial charge in [0.15, 0.2) is 5.82 Å². The third-order valence-electron chi connectivity index (χ3n) is 12.2. The third kappa shape index (κ3) is 5.75. The Morgan fingerprint density at radius 1 is 0.323 bits per heavy atom. The maximum absolute atomic E-state index is 5.39. The van der Waals surface area contributed by atoms with Crippen molar-refractivity contribution in [1.82, 2.24) is 24.9 Å². The largest absolute Gasteiger partial charge is 0.264 e. The van der Waals surface area contributed by atoms with E-state index in [1.165, 1.54) is 38.3 Å². The van der Waals surface area contributed by atoms with Gasteiger partial charge in [-0.25, -0.2) is 15.0 Å². The number of pyridine rings is 3. The van der Waals surface area contributed by atoms with Gasteiger partial charge in [-0.05, 0) is 87.0 Å². The lowest BCUT2D eigenvalue weighted by Gasteiger charge is -2.41. The van der Waals surface area contributed by atoms with Crippen LogP contribution in [0.25, 0.3) is 78.7 Å². The average Bonchev–Trinajstić information content (AvgIpc) is 3.65. The molecular formula is C56H35N5S. The minimum atomic E-state index is -0.625. The van der Waals surface area contributed by atoms with Crippen molar-refractivity contribution in [2.24, 2.45) is 0 Å². The Bertz CT molecular complexity index is 2980. The second-order valence-electron chi connectivity index (χ2n) is 15.6. The molecule has 1 aliphatic heterocycles. The number of rotatable bonds is 6. The molecule has 6 heteroatoms. The molecule has 0 N–H and O–H groups in total. The zero-order valence-electron chi connectivity index (χ0n) is 33.4. The van der Waals surface area contributed by atoms with Crippen molar-refractivity contribution < 1.29 is 0 Å². The van der Waals surface area contributed by atoms with E-state index in [1.807, 2.05) is 48.4 Å². The van der Waals surface area contributed by atoms with Crippen molar-refractivity contribution in [2.45, 2.75) is 15.2 Å². The number of hydrogen-bond donors (Lipinski definition) is 0. The molecular weight excluding hydrogens is 775 g/mol. The van der Waals surface area contributed by atoms with Crippen molar-refractivity contribution in [3.63, 3.8) is 0 Å². The molecule has 6 aromatic carbocycles. The molecule has 62 heavy (non-hydrogen) atoms. The van der Waals surface area contributed by atoms with Gasteiger partial charge in [-0.3, -0.25) is 9.97 Å². The third-order valence-corrected chi connectivity index (χ3v) is 13.4. The Morgan fingerprint density at radius 3 is 1.29 bits per heavy atom. The van der Waals surface area contributed by atoms with Crippen molar-refractivity contribution in [2.75, 3.05) is 0 Å². The normalized spacial score (nSPS) is 12.9. The fourth-order valence-corrected chi connectivity index (χ4v) is 10.9. The highest BCUT2D eigenvalue weighted by atomic mass is 32.2. The molecule has 10 aromatic rings. The van der Waals surface area contributed by atoms with Crippen molar-refractivity contribution in [1.29, 1.82) is 0 Å². The summed E-state index contributed by atoms with van der Waals surface area (Å²) in [4.78, 5) is 27.2. The summed E-state index contributed by atoms with van der Waals surface area (Å²) in [5, 5.41) is 0. The van der Waals surface area contributed by atoms with E-state index in [0.29, 0.717) is 5.82 Å².